The van der Waals surface area contributed by atoms with Crippen LogP contribution in [0.25, 0.3) is 10.9 Å². The highest BCUT2D eigenvalue weighted by molar-refractivity contribution is 6.11. The predicted octanol–water partition coefficient (Wildman–Crippen LogP) is 2.77. The minimum absolute atomic E-state index is 0.193. The summed E-state index contributed by atoms with van der Waals surface area (Å²) in [4.78, 5) is 27.8. The number of carbonyl (C=O) groups excluding carboxylic acids is 2. The van der Waals surface area contributed by atoms with E-state index in [4.69, 9.17) is 9.47 Å². The lowest BCUT2D eigenvalue weighted by molar-refractivity contribution is -0.156. The molecule has 3 rings (SSSR count). The number of H-pyrrole nitrogens is 1. The van der Waals surface area contributed by atoms with Crippen molar-refractivity contribution in [1.82, 2.24) is 4.98 Å². The van der Waals surface area contributed by atoms with Crippen molar-refractivity contribution < 1.29 is 19.1 Å². The summed E-state index contributed by atoms with van der Waals surface area (Å²) < 4.78 is 10.6. The fourth-order valence-corrected chi connectivity index (χ4v) is 2.86. The van der Waals surface area contributed by atoms with Crippen molar-refractivity contribution in [3.63, 3.8) is 0 Å². The van der Waals surface area contributed by atoms with Crippen molar-refractivity contribution in [2.75, 3.05) is 6.61 Å². The molecule has 116 valence electrons. The average molecular weight is 301 g/mol. The van der Waals surface area contributed by atoms with E-state index in [0.29, 0.717) is 18.6 Å². The van der Waals surface area contributed by atoms with Gasteiger partial charge in [0.05, 0.1) is 0 Å². The van der Waals surface area contributed by atoms with Crippen LogP contribution in [0.2, 0.25) is 0 Å². The zero-order valence-corrected chi connectivity index (χ0v) is 12.7. The normalized spacial score (nSPS) is 19.3. The van der Waals surface area contributed by atoms with Crippen molar-refractivity contribution in [1.29, 1.82) is 0 Å². The Kier molecular flexibility index (Phi) is 3.98. The van der Waals surface area contributed by atoms with E-state index in [2.05, 4.69) is 4.98 Å². The molecule has 22 heavy (non-hydrogen) atoms. The molecule has 1 aromatic carbocycles. The molecule has 0 amide bonds. The van der Waals surface area contributed by atoms with E-state index in [1.54, 1.807) is 6.92 Å². The first-order valence-electron chi connectivity index (χ1n) is 7.51. The van der Waals surface area contributed by atoms with Crippen molar-refractivity contribution in [2.24, 2.45) is 0 Å². The Hall–Kier alpha value is -2.14. The zero-order valence-electron chi connectivity index (χ0n) is 12.7. The molecule has 1 fully saturated rings. The molecule has 1 aliphatic rings. The number of hydrogen-bond acceptors (Lipinski definition) is 4. The van der Waals surface area contributed by atoms with Crippen LogP contribution in [0.4, 0.5) is 0 Å². The predicted molar refractivity (Wildman–Crippen MR) is 81.9 cm³/mol. The summed E-state index contributed by atoms with van der Waals surface area (Å²) in [5, 5.41) is 0.852. The van der Waals surface area contributed by atoms with E-state index in [0.717, 1.165) is 23.0 Å². The molecule has 0 saturated carbocycles. The lowest BCUT2D eigenvalue weighted by Gasteiger charge is -2.15. The Balaban J connectivity index is 1.79. The van der Waals surface area contributed by atoms with Crippen LogP contribution in [0.1, 0.15) is 35.8 Å². The molecule has 1 saturated heterocycles. The number of nitrogens with one attached hydrogen (secondary N) is 1. The van der Waals surface area contributed by atoms with Gasteiger partial charge >= 0.3 is 5.97 Å². The van der Waals surface area contributed by atoms with Gasteiger partial charge in [0.25, 0.3) is 0 Å². The quantitative estimate of drug-likeness (QED) is 0.696. The minimum atomic E-state index is -0.824. The fraction of sp³-hybridized carbons (Fsp3) is 0.412. The Morgan fingerprint density at radius 2 is 2.14 bits per heavy atom. The summed E-state index contributed by atoms with van der Waals surface area (Å²) in [6.07, 6.45) is 0.157. The molecular weight excluding hydrogens is 282 g/mol. The molecule has 0 bridgehead atoms. The molecule has 1 N–H and O–H groups in total. The Morgan fingerprint density at radius 3 is 2.86 bits per heavy atom. The second-order valence-corrected chi connectivity index (χ2v) is 5.62. The number of fused-ring (bicyclic) bond motifs is 1. The second kappa shape index (κ2) is 5.93. The topological polar surface area (TPSA) is 68.4 Å². The largest absolute Gasteiger partial charge is 0.452 e. The highest BCUT2D eigenvalue weighted by Gasteiger charge is 2.30. The number of rotatable bonds is 4. The van der Waals surface area contributed by atoms with E-state index in [9.17, 15) is 9.59 Å². The lowest BCUT2D eigenvalue weighted by atomic mass is 10.0. The molecule has 2 heterocycles. The van der Waals surface area contributed by atoms with Gasteiger partial charge in [0, 0.05) is 28.8 Å². The van der Waals surface area contributed by atoms with Crippen molar-refractivity contribution in [3.8, 4) is 0 Å². The number of hydrogen-bond donors (Lipinski definition) is 1. The van der Waals surface area contributed by atoms with Gasteiger partial charge in [0.2, 0.25) is 5.78 Å². The number of ether oxygens (including phenoxy) is 2. The highest BCUT2D eigenvalue weighted by atomic mass is 16.6. The summed E-state index contributed by atoms with van der Waals surface area (Å²) in [7, 11) is 0. The second-order valence-electron chi connectivity index (χ2n) is 5.62. The summed E-state index contributed by atoms with van der Waals surface area (Å²) >= 11 is 0. The maximum Gasteiger partial charge on any atom is 0.335 e. The van der Waals surface area contributed by atoms with Gasteiger partial charge in [-0.1, -0.05) is 18.2 Å². The Bertz CT molecular complexity index is 713. The molecule has 0 spiro atoms. The monoisotopic (exact) mass is 301 g/mol. The number of esters is 1. The fourth-order valence-electron chi connectivity index (χ4n) is 2.86. The van der Waals surface area contributed by atoms with Crippen LogP contribution in [-0.2, 0) is 14.3 Å². The summed E-state index contributed by atoms with van der Waals surface area (Å²) in [6.45, 7) is 4.03. The van der Waals surface area contributed by atoms with Crippen molar-refractivity contribution in [2.45, 2.75) is 38.9 Å². The van der Waals surface area contributed by atoms with Gasteiger partial charge in [-0.3, -0.25) is 4.79 Å². The standard InChI is InChI=1S/C17H19NO4/c1-10-15(12-6-3-4-7-13(12)18-10)16(19)11(2)22-17(20)14-8-5-9-21-14/h3-4,6-7,11,14,18H,5,8-9H2,1-2H3/t11-,14+/m1/s1. The van der Waals surface area contributed by atoms with Crippen LogP contribution in [0.15, 0.2) is 24.3 Å². The summed E-state index contributed by atoms with van der Waals surface area (Å²) in [6, 6.07) is 7.60. The first-order chi connectivity index (χ1) is 10.6. The van der Waals surface area contributed by atoms with Gasteiger partial charge in [0.1, 0.15) is 0 Å². The van der Waals surface area contributed by atoms with Gasteiger partial charge in [0.15, 0.2) is 12.2 Å². The summed E-state index contributed by atoms with van der Waals surface area (Å²) in [5.74, 6) is -0.642. The number of carbonyl (C=O) groups is 2. The van der Waals surface area contributed by atoms with Crippen LogP contribution in [0.5, 0.6) is 0 Å². The maximum atomic E-state index is 12.7. The summed E-state index contributed by atoms with van der Waals surface area (Å²) in [5.41, 5.74) is 2.27. The number of aromatic nitrogens is 1. The molecule has 0 radical (unpaired) electrons. The van der Waals surface area contributed by atoms with E-state index >= 15 is 0 Å². The van der Waals surface area contributed by atoms with Crippen molar-refractivity contribution >= 4 is 22.7 Å². The van der Waals surface area contributed by atoms with Crippen LogP contribution in [0.3, 0.4) is 0 Å². The molecule has 1 aromatic heterocycles. The van der Waals surface area contributed by atoms with Crippen LogP contribution in [0, 0.1) is 6.92 Å². The number of aryl methyl sites for hydroxylation is 1. The highest BCUT2D eigenvalue weighted by Crippen LogP contribution is 2.24. The average Bonchev–Trinajstić information content (AvgIpc) is 3.13. The van der Waals surface area contributed by atoms with E-state index in [-0.39, 0.29) is 5.78 Å². The number of ketones is 1. The van der Waals surface area contributed by atoms with E-state index < -0.39 is 18.2 Å². The third kappa shape index (κ3) is 2.64. The van der Waals surface area contributed by atoms with Crippen LogP contribution < -0.4 is 0 Å². The first-order valence-corrected chi connectivity index (χ1v) is 7.51. The third-order valence-electron chi connectivity index (χ3n) is 3.99. The zero-order chi connectivity index (χ0) is 15.7. The molecule has 0 aliphatic carbocycles. The van der Waals surface area contributed by atoms with Gasteiger partial charge in [-0.05, 0) is 32.8 Å². The minimum Gasteiger partial charge on any atom is -0.452 e. The van der Waals surface area contributed by atoms with Gasteiger partial charge < -0.3 is 14.5 Å². The SMILES string of the molecule is Cc1[nH]c2ccccc2c1C(=O)[C@@H](C)OC(=O)[C@@H]1CCCO1. The number of Topliss-reactive ketones (excluding diaryl/α,β-unsaturated/α-hetero) is 1. The molecule has 2 atom stereocenters. The third-order valence-corrected chi connectivity index (χ3v) is 3.99. The lowest BCUT2D eigenvalue weighted by Crippen LogP contribution is -2.30. The van der Waals surface area contributed by atoms with Crippen molar-refractivity contribution in [3.05, 3.63) is 35.5 Å². The molecule has 5 heteroatoms. The number of para-hydroxylation sites is 1. The van der Waals surface area contributed by atoms with Gasteiger partial charge in [-0.25, -0.2) is 4.79 Å². The molecular formula is C17H19NO4. The Labute approximate surface area is 128 Å². The van der Waals surface area contributed by atoms with Gasteiger partial charge in [-0.15, -0.1) is 0 Å². The van der Waals surface area contributed by atoms with Crippen LogP contribution >= 0.6 is 0 Å². The van der Waals surface area contributed by atoms with E-state index in [1.165, 1.54) is 0 Å². The molecule has 1 aliphatic heterocycles. The number of benzene rings is 1. The Morgan fingerprint density at radius 1 is 1.36 bits per heavy atom. The smallest absolute Gasteiger partial charge is 0.335 e. The number of aromatic amines is 1. The van der Waals surface area contributed by atoms with Gasteiger partial charge in [-0.2, -0.15) is 0 Å². The molecule has 2 aromatic rings. The first kappa shape index (κ1) is 14.8. The maximum absolute atomic E-state index is 12.7. The molecule has 0 unspecified atom stereocenters. The van der Waals surface area contributed by atoms with E-state index in [1.807, 2.05) is 31.2 Å². The molecule has 5 nitrogen and oxygen atoms in total. The van der Waals surface area contributed by atoms with Crippen LogP contribution in [-0.4, -0.2) is 35.6 Å².